The predicted molar refractivity (Wildman–Crippen MR) is 98.3 cm³/mol. The van der Waals surface area contributed by atoms with Crippen molar-refractivity contribution in [1.29, 1.82) is 0 Å². The lowest BCUT2D eigenvalue weighted by Crippen LogP contribution is -2.40. The van der Waals surface area contributed by atoms with Crippen LogP contribution in [0.2, 0.25) is 5.02 Å². The Morgan fingerprint density at radius 2 is 2.04 bits per heavy atom. The molecule has 0 radical (unpaired) electrons. The van der Waals surface area contributed by atoms with Gasteiger partial charge in [-0.15, -0.1) is 12.4 Å². The number of hydrogen-bond donors (Lipinski definition) is 2. The van der Waals surface area contributed by atoms with E-state index in [1.54, 1.807) is 10.9 Å². The molecule has 1 saturated carbocycles. The zero-order chi connectivity index (χ0) is 16.4. The van der Waals surface area contributed by atoms with E-state index in [1.165, 1.54) is 0 Å². The Hall–Kier alpha value is -1.56. The Kier molecular flexibility index (Phi) is 6.27. The fourth-order valence-electron chi connectivity index (χ4n) is 3.03. The van der Waals surface area contributed by atoms with Gasteiger partial charge in [-0.1, -0.05) is 17.7 Å². The van der Waals surface area contributed by atoms with Crippen molar-refractivity contribution in [3.63, 3.8) is 0 Å². The summed E-state index contributed by atoms with van der Waals surface area (Å²) >= 11 is 6.03. The fourth-order valence-corrected chi connectivity index (χ4v) is 3.21. The molecule has 7 heteroatoms. The van der Waals surface area contributed by atoms with Gasteiger partial charge in [0.1, 0.15) is 0 Å². The van der Waals surface area contributed by atoms with Gasteiger partial charge in [0, 0.05) is 17.1 Å². The second-order valence-corrected chi connectivity index (χ2v) is 6.56. The van der Waals surface area contributed by atoms with Crippen LogP contribution in [0.15, 0.2) is 30.5 Å². The van der Waals surface area contributed by atoms with E-state index in [9.17, 15) is 4.79 Å². The van der Waals surface area contributed by atoms with E-state index >= 15 is 0 Å². The number of carbonyl (C=O) groups excluding carboxylic acids is 1. The number of hydrogen-bond acceptors (Lipinski definition) is 3. The second kappa shape index (κ2) is 8.01. The number of carbonyl (C=O) groups is 1. The highest BCUT2D eigenvalue weighted by Gasteiger charge is 2.22. The second-order valence-electron chi connectivity index (χ2n) is 6.12. The average Bonchev–Trinajstić information content (AvgIpc) is 2.91. The van der Waals surface area contributed by atoms with E-state index in [4.69, 9.17) is 17.3 Å². The average molecular weight is 369 g/mol. The van der Waals surface area contributed by atoms with Gasteiger partial charge in [0.2, 0.25) is 0 Å². The minimum atomic E-state index is -0.0729. The standard InChI is InChI=1S/C17H21ClN4O.ClH/c1-11-16(17(23)21-14-7-5-13(19)6-8-14)10-20-22(11)15-4-2-3-12(18)9-15;/h2-4,9-10,13-14H,5-8,19H2,1H3,(H,21,23);1H. The number of aromatic nitrogens is 2. The lowest BCUT2D eigenvalue weighted by Gasteiger charge is -2.26. The Morgan fingerprint density at radius 3 is 2.71 bits per heavy atom. The summed E-state index contributed by atoms with van der Waals surface area (Å²) in [5.41, 5.74) is 8.15. The Labute approximate surface area is 153 Å². The largest absolute Gasteiger partial charge is 0.349 e. The summed E-state index contributed by atoms with van der Waals surface area (Å²) in [6.45, 7) is 1.89. The number of amides is 1. The summed E-state index contributed by atoms with van der Waals surface area (Å²) in [5, 5.41) is 8.07. The summed E-state index contributed by atoms with van der Waals surface area (Å²) in [4.78, 5) is 12.5. The van der Waals surface area contributed by atoms with Gasteiger partial charge in [-0.3, -0.25) is 4.79 Å². The van der Waals surface area contributed by atoms with Gasteiger partial charge >= 0.3 is 0 Å². The molecule has 0 atom stereocenters. The van der Waals surface area contributed by atoms with E-state index in [2.05, 4.69) is 10.4 Å². The number of halogens is 2. The van der Waals surface area contributed by atoms with Crippen molar-refractivity contribution in [2.24, 2.45) is 5.73 Å². The summed E-state index contributed by atoms with van der Waals surface area (Å²) in [7, 11) is 0. The molecule has 0 unspecified atom stereocenters. The minimum Gasteiger partial charge on any atom is -0.349 e. The Balaban J connectivity index is 0.00000208. The highest BCUT2D eigenvalue weighted by atomic mass is 35.5. The maximum absolute atomic E-state index is 12.5. The van der Waals surface area contributed by atoms with Crippen molar-refractivity contribution in [2.45, 2.75) is 44.7 Å². The SMILES string of the molecule is Cc1c(C(=O)NC2CCC(N)CC2)cnn1-c1cccc(Cl)c1.Cl. The lowest BCUT2D eigenvalue weighted by atomic mass is 9.91. The van der Waals surface area contributed by atoms with Gasteiger partial charge in [0.05, 0.1) is 23.1 Å². The van der Waals surface area contributed by atoms with Crippen LogP contribution in [0, 0.1) is 6.92 Å². The smallest absolute Gasteiger partial charge is 0.254 e. The third kappa shape index (κ3) is 4.09. The number of rotatable bonds is 3. The zero-order valence-corrected chi connectivity index (χ0v) is 15.1. The molecule has 1 aliphatic rings. The first-order valence-electron chi connectivity index (χ1n) is 7.91. The van der Waals surface area contributed by atoms with Crippen LogP contribution in [-0.4, -0.2) is 27.8 Å². The molecule has 0 aliphatic heterocycles. The molecule has 2 aromatic rings. The summed E-state index contributed by atoms with van der Waals surface area (Å²) < 4.78 is 1.73. The summed E-state index contributed by atoms with van der Waals surface area (Å²) in [5.74, 6) is -0.0729. The lowest BCUT2D eigenvalue weighted by molar-refractivity contribution is 0.0925. The fraction of sp³-hybridized carbons (Fsp3) is 0.412. The molecule has 130 valence electrons. The highest BCUT2D eigenvalue weighted by molar-refractivity contribution is 6.30. The summed E-state index contributed by atoms with van der Waals surface area (Å²) in [6.07, 6.45) is 5.42. The Morgan fingerprint density at radius 1 is 1.33 bits per heavy atom. The number of nitrogens with one attached hydrogen (secondary N) is 1. The van der Waals surface area contributed by atoms with Crippen LogP contribution in [0.5, 0.6) is 0 Å². The van der Waals surface area contributed by atoms with Gasteiger partial charge in [0.25, 0.3) is 5.91 Å². The molecule has 1 aromatic carbocycles. The number of nitrogens with zero attached hydrogens (tertiary/aromatic N) is 2. The number of benzene rings is 1. The molecule has 1 amide bonds. The van der Waals surface area contributed by atoms with E-state index in [0.717, 1.165) is 37.1 Å². The van der Waals surface area contributed by atoms with Gasteiger partial charge in [-0.25, -0.2) is 4.68 Å². The van der Waals surface area contributed by atoms with Crippen LogP contribution in [-0.2, 0) is 0 Å². The van der Waals surface area contributed by atoms with E-state index in [0.29, 0.717) is 10.6 Å². The van der Waals surface area contributed by atoms with Crippen LogP contribution < -0.4 is 11.1 Å². The molecular weight excluding hydrogens is 347 g/mol. The first kappa shape index (κ1) is 18.8. The predicted octanol–water partition coefficient (Wildman–Crippen LogP) is 3.26. The maximum Gasteiger partial charge on any atom is 0.254 e. The molecule has 3 rings (SSSR count). The molecule has 1 heterocycles. The van der Waals surface area contributed by atoms with Gasteiger partial charge in [0.15, 0.2) is 0 Å². The van der Waals surface area contributed by atoms with Crippen LogP contribution in [0.1, 0.15) is 41.7 Å². The third-order valence-corrected chi connectivity index (χ3v) is 4.65. The molecule has 24 heavy (non-hydrogen) atoms. The molecule has 1 aromatic heterocycles. The Bertz CT molecular complexity index is 708. The topological polar surface area (TPSA) is 72.9 Å². The number of nitrogens with two attached hydrogens (primary N) is 1. The molecule has 3 N–H and O–H groups in total. The highest BCUT2D eigenvalue weighted by Crippen LogP contribution is 2.20. The quantitative estimate of drug-likeness (QED) is 0.872. The van der Waals surface area contributed by atoms with Crippen LogP contribution in [0.25, 0.3) is 5.69 Å². The van der Waals surface area contributed by atoms with Gasteiger partial charge in [-0.2, -0.15) is 5.10 Å². The van der Waals surface area contributed by atoms with Crippen molar-refractivity contribution in [1.82, 2.24) is 15.1 Å². The first-order chi connectivity index (χ1) is 11.0. The van der Waals surface area contributed by atoms with Crippen LogP contribution in [0.4, 0.5) is 0 Å². The van der Waals surface area contributed by atoms with Crippen molar-refractivity contribution in [3.05, 3.63) is 46.7 Å². The molecule has 1 fully saturated rings. The molecule has 0 saturated heterocycles. The summed E-state index contributed by atoms with van der Waals surface area (Å²) in [6, 6.07) is 7.89. The van der Waals surface area contributed by atoms with Gasteiger partial charge < -0.3 is 11.1 Å². The molecule has 5 nitrogen and oxygen atoms in total. The maximum atomic E-state index is 12.5. The molecule has 1 aliphatic carbocycles. The molecular formula is C17H22Cl2N4O. The van der Waals surface area contributed by atoms with E-state index in [1.807, 2.05) is 31.2 Å². The monoisotopic (exact) mass is 368 g/mol. The van der Waals surface area contributed by atoms with Crippen LogP contribution >= 0.6 is 24.0 Å². The normalized spacial score (nSPS) is 20.3. The van der Waals surface area contributed by atoms with Crippen molar-refractivity contribution < 1.29 is 4.79 Å². The minimum absolute atomic E-state index is 0. The molecule has 0 bridgehead atoms. The third-order valence-electron chi connectivity index (χ3n) is 4.41. The molecule has 0 spiro atoms. The van der Waals surface area contributed by atoms with Crippen molar-refractivity contribution in [3.8, 4) is 5.69 Å². The van der Waals surface area contributed by atoms with Crippen molar-refractivity contribution >= 4 is 29.9 Å². The van der Waals surface area contributed by atoms with Crippen molar-refractivity contribution in [2.75, 3.05) is 0 Å². The van der Waals surface area contributed by atoms with Crippen LogP contribution in [0.3, 0.4) is 0 Å². The zero-order valence-electron chi connectivity index (χ0n) is 13.5. The van der Waals surface area contributed by atoms with E-state index < -0.39 is 0 Å². The first-order valence-corrected chi connectivity index (χ1v) is 8.29. The van der Waals surface area contributed by atoms with E-state index in [-0.39, 0.29) is 30.4 Å². The van der Waals surface area contributed by atoms with Gasteiger partial charge in [-0.05, 0) is 50.8 Å².